The molecule has 17 heavy (non-hydrogen) atoms. The van der Waals surface area contributed by atoms with Gasteiger partial charge in [-0.2, -0.15) is 0 Å². The zero-order valence-electron chi connectivity index (χ0n) is 9.67. The fourth-order valence-corrected chi connectivity index (χ4v) is 3.52. The highest BCUT2D eigenvalue weighted by atomic mass is 79.9. The number of urea groups is 1. The third kappa shape index (κ3) is 4.32. The van der Waals surface area contributed by atoms with E-state index in [0.29, 0.717) is 12.6 Å². The fraction of sp³-hybridized carbons (Fsp3) is 0.583. The minimum Gasteiger partial charge on any atom is -0.335 e. The number of nitrogens with one attached hydrogen (secondary N) is 2. The van der Waals surface area contributed by atoms with E-state index in [1.165, 1.54) is 19.3 Å². The molecule has 0 spiro atoms. The molecule has 0 unspecified atom stereocenters. The molecule has 0 aromatic carbocycles. The van der Waals surface area contributed by atoms with E-state index in [9.17, 15) is 4.79 Å². The van der Waals surface area contributed by atoms with E-state index < -0.39 is 0 Å². The first-order chi connectivity index (χ1) is 8.24. The van der Waals surface area contributed by atoms with Crippen molar-refractivity contribution < 1.29 is 4.79 Å². The van der Waals surface area contributed by atoms with Crippen LogP contribution in [0.4, 0.5) is 4.79 Å². The molecule has 1 heterocycles. The van der Waals surface area contributed by atoms with Crippen LogP contribution >= 0.6 is 27.3 Å². The van der Waals surface area contributed by atoms with Crippen molar-refractivity contribution in [2.24, 2.45) is 0 Å². The Morgan fingerprint density at radius 3 is 2.76 bits per heavy atom. The summed E-state index contributed by atoms with van der Waals surface area (Å²) in [5.41, 5.74) is 0. The Labute approximate surface area is 114 Å². The second-order valence-electron chi connectivity index (χ2n) is 4.37. The van der Waals surface area contributed by atoms with Gasteiger partial charge in [0.05, 0.1) is 10.3 Å². The number of rotatable bonds is 3. The predicted molar refractivity (Wildman–Crippen MR) is 74.3 cm³/mol. The van der Waals surface area contributed by atoms with Gasteiger partial charge in [-0.25, -0.2) is 4.79 Å². The van der Waals surface area contributed by atoms with Gasteiger partial charge in [0.15, 0.2) is 0 Å². The van der Waals surface area contributed by atoms with Crippen molar-refractivity contribution in [1.29, 1.82) is 0 Å². The summed E-state index contributed by atoms with van der Waals surface area (Å²) in [5, 5.41) is 5.94. The molecule has 1 aliphatic carbocycles. The second-order valence-corrected chi connectivity index (χ2v) is 6.92. The van der Waals surface area contributed by atoms with Crippen molar-refractivity contribution in [2.75, 3.05) is 0 Å². The number of carbonyl (C=O) groups excluding carboxylic acids is 1. The van der Waals surface area contributed by atoms with E-state index in [4.69, 9.17) is 0 Å². The Kier molecular flexibility index (Phi) is 4.86. The molecule has 0 bridgehead atoms. The maximum atomic E-state index is 11.7. The molecule has 1 aliphatic rings. The van der Waals surface area contributed by atoms with E-state index in [2.05, 4.69) is 26.6 Å². The van der Waals surface area contributed by atoms with Gasteiger partial charge in [0.2, 0.25) is 0 Å². The van der Waals surface area contributed by atoms with Gasteiger partial charge >= 0.3 is 6.03 Å². The van der Waals surface area contributed by atoms with E-state index in [1.54, 1.807) is 11.3 Å². The van der Waals surface area contributed by atoms with Crippen molar-refractivity contribution in [3.05, 3.63) is 20.8 Å². The molecular weight excluding hydrogens is 300 g/mol. The summed E-state index contributed by atoms with van der Waals surface area (Å²) in [4.78, 5) is 12.8. The highest BCUT2D eigenvalue weighted by molar-refractivity contribution is 9.11. The molecule has 2 amide bonds. The normalized spacial score (nSPS) is 16.8. The van der Waals surface area contributed by atoms with Gasteiger partial charge in [-0.1, -0.05) is 19.3 Å². The third-order valence-corrected chi connectivity index (χ3v) is 4.62. The van der Waals surface area contributed by atoms with Gasteiger partial charge in [-0.15, -0.1) is 11.3 Å². The van der Waals surface area contributed by atoms with Crippen molar-refractivity contribution in [1.82, 2.24) is 10.6 Å². The molecule has 1 fully saturated rings. The van der Waals surface area contributed by atoms with Crippen LogP contribution in [0.5, 0.6) is 0 Å². The predicted octanol–water partition coefficient (Wildman–Crippen LogP) is 3.64. The molecule has 0 atom stereocenters. The molecule has 0 radical (unpaired) electrons. The lowest BCUT2D eigenvalue weighted by Gasteiger charge is -2.22. The van der Waals surface area contributed by atoms with Crippen LogP contribution < -0.4 is 10.6 Å². The Bertz CT molecular complexity index is 374. The van der Waals surface area contributed by atoms with Crippen molar-refractivity contribution in [3.8, 4) is 0 Å². The van der Waals surface area contributed by atoms with Crippen LogP contribution in [0.25, 0.3) is 0 Å². The van der Waals surface area contributed by atoms with Crippen LogP contribution in [0, 0.1) is 0 Å². The maximum Gasteiger partial charge on any atom is 0.315 e. The number of carbonyl (C=O) groups is 1. The van der Waals surface area contributed by atoms with E-state index in [0.717, 1.165) is 21.5 Å². The molecular formula is C12H17BrN2OS. The minimum absolute atomic E-state index is 0.0403. The van der Waals surface area contributed by atoms with Crippen LogP contribution in [-0.4, -0.2) is 12.1 Å². The standard InChI is InChI=1S/C12H17BrN2OS/c13-11-7-6-10(17-11)8-14-12(16)15-9-4-2-1-3-5-9/h6-7,9H,1-5,8H2,(H2,14,15,16). The van der Waals surface area contributed by atoms with Gasteiger partial charge in [-0.3, -0.25) is 0 Å². The zero-order valence-corrected chi connectivity index (χ0v) is 12.1. The lowest BCUT2D eigenvalue weighted by atomic mass is 9.96. The molecule has 1 aromatic rings. The monoisotopic (exact) mass is 316 g/mol. The van der Waals surface area contributed by atoms with E-state index in [1.807, 2.05) is 12.1 Å². The second kappa shape index (κ2) is 6.40. The summed E-state index contributed by atoms with van der Waals surface area (Å²) in [6.07, 6.45) is 6.03. The highest BCUT2D eigenvalue weighted by Crippen LogP contribution is 2.21. The molecule has 5 heteroatoms. The summed E-state index contributed by atoms with van der Waals surface area (Å²) in [5.74, 6) is 0. The summed E-state index contributed by atoms with van der Waals surface area (Å²) in [6, 6.07) is 4.36. The fourth-order valence-electron chi connectivity index (χ4n) is 2.10. The topological polar surface area (TPSA) is 41.1 Å². The quantitative estimate of drug-likeness (QED) is 0.878. The van der Waals surface area contributed by atoms with Gasteiger partial charge in [0.25, 0.3) is 0 Å². The number of amides is 2. The lowest BCUT2D eigenvalue weighted by molar-refractivity contribution is 0.232. The largest absolute Gasteiger partial charge is 0.335 e. The molecule has 3 nitrogen and oxygen atoms in total. The van der Waals surface area contributed by atoms with Gasteiger partial charge in [0.1, 0.15) is 0 Å². The van der Waals surface area contributed by atoms with Crippen LogP contribution in [0.2, 0.25) is 0 Å². The first-order valence-corrected chi connectivity index (χ1v) is 7.63. The van der Waals surface area contributed by atoms with Crippen LogP contribution in [0.3, 0.4) is 0 Å². The average Bonchev–Trinajstić information content (AvgIpc) is 2.74. The van der Waals surface area contributed by atoms with E-state index >= 15 is 0 Å². The van der Waals surface area contributed by atoms with Crippen LogP contribution in [0.1, 0.15) is 37.0 Å². The minimum atomic E-state index is -0.0403. The summed E-state index contributed by atoms with van der Waals surface area (Å²) in [7, 11) is 0. The Morgan fingerprint density at radius 2 is 2.12 bits per heavy atom. The number of hydrogen-bond donors (Lipinski definition) is 2. The molecule has 0 saturated heterocycles. The Hall–Kier alpha value is -0.550. The molecule has 1 saturated carbocycles. The SMILES string of the molecule is O=C(NCc1ccc(Br)s1)NC1CCCCC1. The van der Waals surface area contributed by atoms with Crippen molar-refractivity contribution in [3.63, 3.8) is 0 Å². The highest BCUT2D eigenvalue weighted by Gasteiger charge is 2.15. The third-order valence-electron chi connectivity index (χ3n) is 2.99. The summed E-state index contributed by atoms with van der Waals surface area (Å²) >= 11 is 5.06. The van der Waals surface area contributed by atoms with Crippen LogP contribution in [0.15, 0.2) is 15.9 Å². The number of halogens is 1. The zero-order chi connectivity index (χ0) is 12.1. The van der Waals surface area contributed by atoms with Gasteiger partial charge in [-0.05, 0) is 40.9 Å². The van der Waals surface area contributed by atoms with Crippen LogP contribution in [-0.2, 0) is 6.54 Å². The average molecular weight is 317 g/mol. The Morgan fingerprint density at radius 1 is 1.35 bits per heavy atom. The van der Waals surface area contributed by atoms with Gasteiger partial charge in [0, 0.05) is 10.9 Å². The number of thiophene rings is 1. The molecule has 2 N–H and O–H groups in total. The van der Waals surface area contributed by atoms with Gasteiger partial charge < -0.3 is 10.6 Å². The maximum absolute atomic E-state index is 11.7. The summed E-state index contributed by atoms with van der Waals surface area (Å²) < 4.78 is 1.10. The molecule has 0 aliphatic heterocycles. The number of hydrogen-bond acceptors (Lipinski definition) is 2. The van der Waals surface area contributed by atoms with E-state index in [-0.39, 0.29) is 6.03 Å². The molecule has 1 aromatic heterocycles. The lowest BCUT2D eigenvalue weighted by Crippen LogP contribution is -2.42. The molecule has 94 valence electrons. The van der Waals surface area contributed by atoms with Crippen molar-refractivity contribution in [2.45, 2.75) is 44.7 Å². The smallest absolute Gasteiger partial charge is 0.315 e. The first kappa shape index (κ1) is 12.9. The Balaban J connectivity index is 1.70. The first-order valence-electron chi connectivity index (χ1n) is 6.02. The van der Waals surface area contributed by atoms with Crippen molar-refractivity contribution >= 4 is 33.3 Å². The molecule has 2 rings (SSSR count). The summed E-state index contributed by atoms with van der Waals surface area (Å²) in [6.45, 7) is 0.606.